The van der Waals surface area contributed by atoms with E-state index < -0.39 is 0 Å². The lowest BCUT2D eigenvalue weighted by Gasteiger charge is -1.99. The van der Waals surface area contributed by atoms with Crippen LogP contribution < -0.4 is 0 Å². The van der Waals surface area contributed by atoms with Gasteiger partial charge in [0.15, 0.2) is 0 Å². The lowest BCUT2D eigenvalue weighted by Crippen LogP contribution is -1.86. The van der Waals surface area contributed by atoms with E-state index in [9.17, 15) is 5.26 Å². The molecule has 0 spiro atoms. The summed E-state index contributed by atoms with van der Waals surface area (Å²) in [7, 11) is 0. The van der Waals surface area contributed by atoms with Gasteiger partial charge in [-0.1, -0.05) is 24.3 Å². The Hall–Kier alpha value is -2.86. The molecule has 0 saturated heterocycles. The molecular weight excluding hydrogens is 270 g/mol. The summed E-state index contributed by atoms with van der Waals surface area (Å²) >= 11 is 0. The van der Waals surface area contributed by atoms with E-state index in [2.05, 4.69) is 36.0 Å². The number of aromatic amines is 1. The maximum absolute atomic E-state index is 9.49. The molecular formula is C19H17N3. The van der Waals surface area contributed by atoms with E-state index in [1.807, 2.05) is 43.3 Å². The number of H-pyrrole nitrogens is 1. The predicted molar refractivity (Wildman–Crippen MR) is 90.2 cm³/mol. The Balaban J connectivity index is 2.12. The van der Waals surface area contributed by atoms with Crippen molar-refractivity contribution in [3.05, 3.63) is 64.5 Å². The molecule has 0 aliphatic carbocycles. The summed E-state index contributed by atoms with van der Waals surface area (Å²) in [5.41, 5.74) is 6.98. The monoisotopic (exact) mass is 287 g/mol. The van der Waals surface area contributed by atoms with Gasteiger partial charge in [0, 0.05) is 0 Å². The van der Waals surface area contributed by atoms with Crippen molar-refractivity contribution >= 4 is 22.7 Å². The molecule has 0 aliphatic heterocycles. The van der Waals surface area contributed by atoms with Crippen LogP contribution in [-0.4, -0.2) is 9.97 Å². The van der Waals surface area contributed by atoms with E-state index in [-0.39, 0.29) is 0 Å². The van der Waals surface area contributed by atoms with Crippen molar-refractivity contribution in [1.82, 2.24) is 9.97 Å². The number of nitrogens with one attached hydrogen (secondary N) is 1. The lowest BCUT2D eigenvalue weighted by atomic mass is 10.1. The average molecular weight is 287 g/mol. The zero-order chi connectivity index (χ0) is 15.7. The second kappa shape index (κ2) is 5.50. The molecule has 0 amide bonds. The van der Waals surface area contributed by atoms with Crippen molar-refractivity contribution in [3.63, 3.8) is 0 Å². The highest BCUT2D eigenvalue weighted by Crippen LogP contribution is 2.22. The first-order valence-corrected chi connectivity index (χ1v) is 7.23. The standard InChI is InChI=1S/C19H17N3/c1-12-6-4-5-7-15(12)10-16(11-20)19-21-17-8-13(2)14(3)9-18(17)22-19/h4-10H,1-3H3,(H,21,22)/b16-10+. The summed E-state index contributed by atoms with van der Waals surface area (Å²) in [6, 6.07) is 14.4. The Morgan fingerprint density at radius 3 is 2.55 bits per heavy atom. The maximum atomic E-state index is 9.49. The molecule has 2 aromatic carbocycles. The van der Waals surface area contributed by atoms with Crippen molar-refractivity contribution < 1.29 is 0 Å². The number of benzene rings is 2. The number of fused-ring (bicyclic) bond motifs is 1. The van der Waals surface area contributed by atoms with Crippen molar-refractivity contribution in [3.8, 4) is 6.07 Å². The van der Waals surface area contributed by atoms with Gasteiger partial charge < -0.3 is 4.98 Å². The second-order valence-corrected chi connectivity index (χ2v) is 5.57. The van der Waals surface area contributed by atoms with Gasteiger partial charge in [-0.2, -0.15) is 5.26 Å². The molecule has 0 fully saturated rings. The number of hydrogen-bond acceptors (Lipinski definition) is 2. The van der Waals surface area contributed by atoms with E-state index in [1.165, 1.54) is 11.1 Å². The van der Waals surface area contributed by atoms with Gasteiger partial charge in [-0.05, 0) is 61.2 Å². The van der Waals surface area contributed by atoms with E-state index in [4.69, 9.17) is 0 Å². The number of rotatable bonds is 2. The van der Waals surface area contributed by atoms with Crippen LogP contribution in [0.3, 0.4) is 0 Å². The summed E-state index contributed by atoms with van der Waals surface area (Å²) < 4.78 is 0. The highest BCUT2D eigenvalue weighted by molar-refractivity contribution is 5.91. The van der Waals surface area contributed by atoms with Gasteiger partial charge in [0.2, 0.25) is 0 Å². The predicted octanol–water partition coefficient (Wildman–Crippen LogP) is 4.55. The van der Waals surface area contributed by atoms with Crippen molar-refractivity contribution in [2.24, 2.45) is 0 Å². The van der Waals surface area contributed by atoms with E-state index in [0.717, 1.165) is 22.2 Å². The average Bonchev–Trinajstić information content (AvgIpc) is 2.89. The van der Waals surface area contributed by atoms with Crippen LogP contribution in [-0.2, 0) is 0 Å². The van der Waals surface area contributed by atoms with Gasteiger partial charge in [-0.25, -0.2) is 4.98 Å². The molecule has 0 saturated carbocycles. The summed E-state index contributed by atoms with van der Waals surface area (Å²) in [4.78, 5) is 7.82. The molecule has 3 heteroatoms. The van der Waals surface area contributed by atoms with Crippen LogP contribution in [0.5, 0.6) is 0 Å². The fraction of sp³-hybridized carbons (Fsp3) is 0.158. The van der Waals surface area contributed by atoms with Crippen LogP contribution in [0, 0.1) is 32.1 Å². The molecule has 22 heavy (non-hydrogen) atoms. The van der Waals surface area contributed by atoms with Crippen molar-refractivity contribution in [2.75, 3.05) is 0 Å². The number of imidazole rings is 1. The first-order valence-electron chi connectivity index (χ1n) is 7.23. The minimum absolute atomic E-state index is 0.542. The van der Waals surface area contributed by atoms with Gasteiger partial charge >= 0.3 is 0 Å². The minimum Gasteiger partial charge on any atom is -0.337 e. The molecule has 0 aliphatic rings. The minimum atomic E-state index is 0.542. The number of allylic oxidation sites excluding steroid dienone is 1. The molecule has 108 valence electrons. The number of aryl methyl sites for hydroxylation is 3. The Bertz CT molecular complexity index is 884. The Kier molecular flexibility index (Phi) is 3.52. The zero-order valence-corrected chi connectivity index (χ0v) is 12.9. The SMILES string of the molecule is Cc1cc2nc(/C(C#N)=C/c3ccccc3C)[nH]c2cc1C. The van der Waals surface area contributed by atoms with Crippen LogP contribution in [0.15, 0.2) is 36.4 Å². The largest absolute Gasteiger partial charge is 0.337 e. The molecule has 3 nitrogen and oxygen atoms in total. The van der Waals surface area contributed by atoms with Gasteiger partial charge in [-0.3, -0.25) is 0 Å². The summed E-state index contributed by atoms with van der Waals surface area (Å²) in [6.45, 7) is 6.17. The third-order valence-corrected chi connectivity index (χ3v) is 3.96. The molecule has 1 N–H and O–H groups in total. The first-order chi connectivity index (χ1) is 10.6. The number of hydrogen-bond donors (Lipinski definition) is 1. The number of nitrogens with zero attached hydrogens (tertiary/aromatic N) is 2. The van der Waals surface area contributed by atoms with Crippen molar-refractivity contribution in [2.45, 2.75) is 20.8 Å². The summed E-state index contributed by atoms with van der Waals surface area (Å²) in [5, 5.41) is 9.49. The lowest BCUT2D eigenvalue weighted by molar-refractivity contribution is 1.27. The quantitative estimate of drug-likeness (QED) is 0.703. The van der Waals surface area contributed by atoms with Crippen LogP contribution in [0.25, 0.3) is 22.7 Å². The number of nitriles is 1. The third kappa shape index (κ3) is 2.51. The molecule has 1 heterocycles. The molecule has 3 rings (SSSR count). The number of aromatic nitrogens is 2. The third-order valence-electron chi connectivity index (χ3n) is 3.96. The van der Waals surface area contributed by atoms with E-state index in [1.54, 1.807) is 0 Å². The maximum Gasteiger partial charge on any atom is 0.149 e. The normalized spacial score (nSPS) is 11.6. The highest BCUT2D eigenvalue weighted by atomic mass is 14.9. The first kappa shape index (κ1) is 14.1. The zero-order valence-electron chi connectivity index (χ0n) is 12.9. The fourth-order valence-corrected chi connectivity index (χ4v) is 2.45. The highest BCUT2D eigenvalue weighted by Gasteiger charge is 2.09. The van der Waals surface area contributed by atoms with Crippen LogP contribution in [0.1, 0.15) is 28.1 Å². The van der Waals surface area contributed by atoms with Crippen molar-refractivity contribution in [1.29, 1.82) is 5.26 Å². The molecule has 0 radical (unpaired) electrons. The van der Waals surface area contributed by atoms with Gasteiger partial charge in [-0.15, -0.1) is 0 Å². The fourth-order valence-electron chi connectivity index (χ4n) is 2.45. The van der Waals surface area contributed by atoms with Gasteiger partial charge in [0.25, 0.3) is 0 Å². The molecule has 0 atom stereocenters. The molecule has 3 aromatic rings. The summed E-state index contributed by atoms with van der Waals surface area (Å²) in [5.74, 6) is 0.616. The molecule has 1 aromatic heterocycles. The van der Waals surface area contributed by atoms with E-state index in [0.29, 0.717) is 11.4 Å². The Morgan fingerprint density at radius 2 is 1.82 bits per heavy atom. The van der Waals surface area contributed by atoms with Gasteiger partial charge in [0.1, 0.15) is 11.9 Å². The van der Waals surface area contributed by atoms with E-state index >= 15 is 0 Å². The molecule has 0 bridgehead atoms. The smallest absolute Gasteiger partial charge is 0.149 e. The molecule has 0 unspecified atom stereocenters. The van der Waals surface area contributed by atoms with Gasteiger partial charge in [0.05, 0.1) is 16.6 Å². The summed E-state index contributed by atoms with van der Waals surface area (Å²) in [6.07, 6.45) is 1.88. The topological polar surface area (TPSA) is 52.5 Å². The Labute approximate surface area is 129 Å². The van der Waals surface area contributed by atoms with Crippen LogP contribution >= 0.6 is 0 Å². The second-order valence-electron chi connectivity index (χ2n) is 5.57. The van der Waals surface area contributed by atoms with Crippen LogP contribution in [0.2, 0.25) is 0 Å². The Morgan fingerprint density at radius 1 is 1.09 bits per heavy atom. The van der Waals surface area contributed by atoms with Crippen LogP contribution in [0.4, 0.5) is 0 Å².